The SMILES string of the molecule is COCC(C)N(C)CC(O)c1ccccc1F. The number of methoxy groups -OCH3 is 1. The van der Waals surface area contributed by atoms with Crippen LogP contribution in [0.15, 0.2) is 24.3 Å². The van der Waals surface area contributed by atoms with Crippen molar-refractivity contribution in [2.75, 3.05) is 27.3 Å². The van der Waals surface area contributed by atoms with Crippen molar-refractivity contribution in [3.05, 3.63) is 35.6 Å². The van der Waals surface area contributed by atoms with Crippen LogP contribution in [0.3, 0.4) is 0 Å². The van der Waals surface area contributed by atoms with Crippen molar-refractivity contribution in [1.29, 1.82) is 0 Å². The Kier molecular flexibility index (Phi) is 5.55. The van der Waals surface area contributed by atoms with Crippen LogP contribution in [0.1, 0.15) is 18.6 Å². The van der Waals surface area contributed by atoms with Crippen molar-refractivity contribution < 1.29 is 14.2 Å². The molecule has 0 heterocycles. The summed E-state index contributed by atoms with van der Waals surface area (Å²) in [6.07, 6.45) is -0.819. The van der Waals surface area contributed by atoms with Crippen molar-refractivity contribution in [3.63, 3.8) is 0 Å². The summed E-state index contributed by atoms with van der Waals surface area (Å²) in [6.45, 7) is 2.96. The summed E-state index contributed by atoms with van der Waals surface area (Å²) in [4.78, 5) is 1.95. The number of likely N-dealkylation sites (N-methyl/N-ethyl adjacent to an activating group) is 1. The molecule has 96 valence electrons. The molecule has 0 spiro atoms. The monoisotopic (exact) mass is 241 g/mol. The molecule has 2 atom stereocenters. The van der Waals surface area contributed by atoms with Gasteiger partial charge in [0.1, 0.15) is 5.82 Å². The molecule has 2 unspecified atom stereocenters. The summed E-state index contributed by atoms with van der Waals surface area (Å²) in [5.74, 6) is -0.368. The van der Waals surface area contributed by atoms with Crippen molar-refractivity contribution >= 4 is 0 Å². The Hall–Kier alpha value is -0.970. The molecule has 1 rings (SSSR count). The highest BCUT2D eigenvalue weighted by Gasteiger charge is 2.17. The van der Waals surface area contributed by atoms with E-state index in [4.69, 9.17) is 4.74 Å². The molecule has 0 aromatic heterocycles. The van der Waals surface area contributed by atoms with E-state index in [1.54, 1.807) is 25.3 Å². The minimum absolute atomic E-state index is 0.182. The molecular formula is C13H20FNO2. The summed E-state index contributed by atoms with van der Waals surface area (Å²) in [5.41, 5.74) is 0.337. The lowest BCUT2D eigenvalue weighted by atomic mass is 10.1. The van der Waals surface area contributed by atoms with Crippen LogP contribution in [-0.2, 0) is 4.74 Å². The van der Waals surface area contributed by atoms with Crippen molar-refractivity contribution in [2.24, 2.45) is 0 Å². The molecule has 1 aromatic carbocycles. The molecule has 0 aliphatic rings. The molecule has 1 N–H and O–H groups in total. The highest BCUT2D eigenvalue weighted by Crippen LogP contribution is 2.17. The molecular weight excluding hydrogens is 221 g/mol. The van der Waals surface area contributed by atoms with Gasteiger partial charge in [0.05, 0.1) is 12.7 Å². The van der Waals surface area contributed by atoms with Crippen LogP contribution in [-0.4, -0.2) is 43.4 Å². The minimum atomic E-state index is -0.819. The molecule has 0 saturated heterocycles. The normalized spacial score (nSPS) is 14.9. The molecule has 4 heteroatoms. The standard InChI is InChI=1S/C13H20FNO2/c1-10(9-17-3)15(2)8-13(16)11-6-4-5-7-12(11)14/h4-7,10,13,16H,8-9H2,1-3H3. The molecule has 0 bridgehead atoms. The number of aliphatic hydroxyl groups excluding tert-OH is 1. The lowest BCUT2D eigenvalue weighted by Crippen LogP contribution is -2.36. The third-order valence-corrected chi connectivity index (χ3v) is 2.89. The first-order chi connectivity index (χ1) is 8.06. The molecule has 0 amide bonds. The van der Waals surface area contributed by atoms with Crippen LogP contribution in [0.4, 0.5) is 4.39 Å². The third-order valence-electron chi connectivity index (χ3n) is 2.89. The van der Waals surface area contributed by atoms with E-state index in [0.717, 1.165) is 0 Å². The summed E-state index contributed by atoms with van der Waals surface area (Å²) in [7, 11) is 3.52. The Morgan fingerprint density at radius 3 is 2.65 bits per heavy atom. The van der Waals surface area contributed by atoms with E-state index >= 15 is 0 Å². The Labute approximate surface area is 102 Å². The first-order valence-electron chi connectivity index (χ1n) is 5.68. The number of hydrogen-bond acceptors (Lipinski definition) is 3. The smallest absolute Gasteiger partial charge is 0.129 e. The van der Waals surface area contributed by atoms with E-state index in [9.17, 15) is 9.50 Å². The van der Waals surface area contributed by atoms with Crippen molar-refractivity contribution in [1.82, 2.24) is 4.90 Å². The Bertz CT molecular complexity index is 346. The Morgan fingerprint density at radius 2 is 2.06 bits per heavy atom. The van der Waals surface area contributed by atoms with Gasteiger partial charge < -0.3 is 9.84 Å². The zero-order valence-electron chi connectivity index (χ0n) is 10.6. The molecule has 0 aliphatic heterocycles. The maximum Gasteiger partial charge on any atom is 0.129 e. The van der Waals surface area contributed by atoms with Crippen LogP contribution in [0, 0.1) is 5.82 Å². The van der Waals surface area contributed by atoms with Crippen LogP contribution in [0.2, 0.25) is 0 Å². The fourth-order valence-corrected chi connectivity index (χ4v) is 1.66. The number of aliphatic hydroxyl groups is 1. The van der Waals surface area contributed by atoms with Crippen LogP contribution in [0.5, 0.6) is 0 Å². The van der Waals surface area contributed by atoms with E-state index in [2.05, 4.69) is 0 Å². The summed E-state index contributed by atoms with van der Waals surface area (Å²) >= 11 is 0. The van der Waals surface area contributed by atoms with Gasteiger partial charge in [0.25, 0.3) is 0 Å². The Morgan fingerprint density at radius 1 is 1.41 bits per heavy atom. The van der Waals surface area contributed by atoms with E-state index in [-0.39, 0.29) is 11.9 Å². The maximum atomic E-state index is 13.4. The molecule has 0 radical (unpaired) electrons. The average Bonchev–Trinajstić information content (AvgIpc) is 2.29. The molecule has 0 fully saturated rings. The number of halogens is 1. The topological polar surface area (TPSA) is 32.7 Å². The van der Waals surface area contributed by atoms with Gasteiger partial charge in [-0.1, -0.05) is 18.2 Å². The summed E-state index contributed by atoms with van der Waals surface area (Å²) in [5, 5.41) is 9.97. The molecule has 17 heavy (non-hydrogen) atoms. The van der Waals surface area contributed by atoms with Crippen molar-refractivity contribution in [3.8, 4) is 0 Å². The van der Waals surface area contributed by atoms with Gasteiger partial charge in [-0.3, -0.25) is 4.90 Å². The molecule has 1 aromatic rings. The maximum absolute atomic E-state index is 13.4. The molecule has 3 nitrogen and oxygen atoms in total. The first-order valence-corrected chi connectivity index (χ1v) is 5.68. The zero-order valence-corrected chi connectivity index (χ0v) is 10.6. The average molecular weight is 241 g/mol. The number of benzene rings is 1. The lowest BCUT2D eigenvalue weighted by Gasteiger charge is -2.26. The lowest BCUT2D eigenvalue weighted by molar-refractivity contribution is 0.0694. The van der Waals surface area contributed by atoms with Gasteiger partial charge in [-0.25, -0.2) is 4.39 Å². The highest BCUT2D eigenvalue weighted by molar-refractivity contribution is 5.20. The summed E-state index contributed by atoms with van der Waals surface area (Å²) in [6, 6.07) is 6.48. The second-order valence-corrected chi connectivity index (χ2v) is 4.28. The van der Waals surface area contributed by atoms with Crippen LogP contribution < -0.4 is 0 Å². The third kappa shape index (κ3) is 4.07. The first kappa shape index (κ1) is 14.1. The van der Waals surface area contributed by atoms with Gasteiger partial charge >= 0.3 is 0 Å². The van der Waals surface area contributed by atoms with Gasteiger partial charge in [-0.05, 0) is 20.0 Å². The highest BCUT2D eigenvalue weighted by atomic mass is 19.1. The predicted octanol–water partition coefficient (Wildman–Crippen LogP) is 1.83. The largest absolute Gasteiger partial charge is 0.387 e. The van der Waals surface area contributed by atoms with Gasteiger partial charge in [0, 0.05) is 25.3 Å². The minimum Gasteiger partial charge on any atom is -0.387 e. The van der Waals surface area contributed by atoms with E-state index < -0.39 is 6.10 Å². The number of rotatable bonds is 6. The Balaban J connectivity index is 2.60. The fraction of sp³-hybridized carbons (Fsp3) is 0.538. The van der Waals surface area contributed by atoms with Crippen LogP contribution >= 0.6 is 0 Å². The van der Waals surface area contributed by atoms with Gasteiger partial charge in [0.15, 0.2) is 0 Å². The van der Waals surface area contributed by atoms with Crippen molar-refractivity contribution in [2.45, 2.75) is 19.1 Å². The van der Waals surface area contributed by atoms with Crippen LogP contribution in [0.25, 0.3) is 0 Å². The number of nitrogens with zero attached hydrogens (tertiary/aromatic N) is 1. The van der Waals surface area contributed by atoms with E-state index in [1.807, 2.05) is 18.9 Å². The van der Waals surface area contributed by atoms with E-state index in [1.165, 1.54) is 6.07 Å². The number of hydrogen-bond donors (Lipinski definition) is 1. The number of ether oxygens (including phenoxy) is 1. The second kappa shape index (κ2) is 6.69. The molecule has 0 aliphatic carbocycles. The quantitative estimate of drug-likeness (QED) is 0.824. The fourth-order valence-electron chi connectivity index (χ4n) is 1.66. The zero-order chi connectivity index (χ0) is 12.8. The van der Waals surface area contributed by atoms with Gasteiger partial charge in [-0.2, -0.15) is 0 Å². The summed E-state index contributed by atoms with van der Waals surface area (Å²) < 4.78 is 18.5. The molecule has 0 saturated carbocycles. The van der Waals surface area contributed by atoms with E-state index in [0.29, 0.717) is 18.7 Å². The van der Waals surface area contributed by atoms with Gasteiger partial charge in [0.2, 0.25) is 0 Å². The van der Waals surface area contributed by atoms with Gasteiger partial charge in [-0.15, -0.1) is 0 Å². The predicted molar refractivity (Wildman–Crippen MR) is 65.3 cm³/mol. The second-order valence-electron chi connectivity index (χ2n) is 4.28.